The minimum Gasteiger partial charge on any atom is -0.348 e. The van der Waals surface area contributed by atoms with Gasteiger partial charge in [-0.3, -0.25) is 24.3 Å². The topological polar surface area (TPSA) is 113 Å². The maximum Gasteiger partial charge on any atom is 0.269 e. The quantitative estimate of drug-likeness (QED) is 0.428. The molecule has 0 atom stereocenters. The number of amides is 2. The molecular formula is C25H20N4O4. The Balaban J connectivity index is 1.42. The van der Waals surface area contributed by atoms with Gasteiger partial charge in [-0.2, -0.15) is 0 Å². The number of nitrogens with zero attached hydrogens (tertiary/aromatic N) is 1. The fraction of sp³-hybridized carbons (Fsp3) is 0.0400. The average Bonchev–Trinajstić information content (AvgIpc) is 2.85. The van der Waals surface area contributed by atoms with E-state index in [4.69, 9.17) is 0 Å². The second-order valence-corrected chi connectivity index (χ2v) is 7.23. The van der Waals surface area contributed by atoms with Gasteiger partial charge in [0, 0.05) is 35.5 Å². The van der Waals surface area contributed by atoms with E-state index in [1.54, 1.807) is 42.5 Å². The van der Waals surface area contributed by atoms with Gasteiger partial charge in [-0.05, 0) is 48.0 Å². The molecule has 2 amide bonds. The molecule has 4 aromatic rings. The number of carbonyl (C=O) groups excluding carboxylic acids is 2. The molecule has 3 N–H and O–H groups in total. The van der Waals surface area contributed by atoms with Crippen LogP contribution in [0.5, 0.6) is 0 Å². The summed E-state index contributed by atoms with van der Waals surface area (Å²) in [6.07, 6.45) is 0. The molecule has 0 aliphatic heterocycles. The Hall–Kier alpha value is -4.72. The highest BCUT2D eigenvalue weighted by atomic mass is 16.2. The zero-order valence-electron chi connectivity index (χ0n) is 17.4. The Bertz CT molecular complexity index is 1410. The first-order valence-corrected chi connectivity index (χ1v) is 10.2. The van der Waals surface area contributed by atoms with Gasteiger partial charge in [0.15, 0.2) is 0 Å². The van der Waals surface area contributed by atoms with Crippen molar-refractivity contribution in [2.45, 2.75) is 6.54 Å². The van der Waals surface area contributed by atoms with Crippen molar-refractivity contribution in [3.8, 4) is 5.69 Å². The molecule has 0 spiro atoms. The summed E-state index contributed by atoms with van der Waals surface area (Å²) < 4.78 is 1.07. The summed E-state index contributed by atoms with van der Waals surface area (Å²) in [5.74, 6) is -0.615. The molecule has 0 fully saturated rings. The normalized spacial score (nSPS) is 10.4. The smallest absolute Gasteiger partial charge is 0.269 e. The fourth-order valence-corrected chi connectivity index (χ4v) is 3.19. The van der Waals surface area contributed by atoms with Gasteiger partial charge in [0.2, 0.25) is 0 Å². The number of aromatic amines is 1. The summed E-state index contributed by atoms with van der Waals surface area (Å²) in [7, 11) is 0. The van der Waals surface area contributed by atoms with Gasteiger partial charge in [0.25, 0.3) is 22.9 Å². The fourth-order valence-electron chi connectivity index (χ4n) is 3.19. The molecule has 8 nitrogen and oxygen atoms in total. The molecule has 0 radical (unpaired) electrons. The third kappa shape index (κ3) is 5.31. The molecular weight excluding hydrogens is 420 g/mol. The monoisotopic (exact) mass is 440 g/mol. The SMILES string of the molecule is O=C(NCc1ccccc1)c1ccc(NC(=O)c2cccc(-n3[nH]c(=O)ccc3=O)c2)cc1. The number of aromatic nitrogens is 2. The molecule has 0 saturated carbocycles. The number of rotatable bonds is 6. The van der Waals surface area contributed by atoms with Crippen LogP contribution in [-0.4, -0.2) is 21.6 Å². The van der Waals surface area contributed by atoms with E-state index in [-0.39, 0.29) is 5.91 Å². The highest BCUT2D eigenvalue weighted by Gasteiger charge is 2.10. The number of hydrogen-bond donors (Lipinski definition) is 3. The number of H-pyrrole nitrogens is 1. The standard InChI is InChI=1S/C25H20N4O4/c30-22-13-14-23(31)29(28-22)21-8-4-7-19(15-21)25(33)27-20-11-9-18(10-12-20)24(32)26-16-17-5-2-1-3-6-17/h1-15H,16H2,(H,26,32)(H,27,33)(H,28,30). The largest absolute Gasteiger partial charge is 0.348 e. The Kier molecular flexibility index (Phi) is 6.26. The molecule has 0 unspecified atom stereocenters. The minimum absolute atomic E-state index is 0.216. The molecule has 3 aromatic carbocycles. The van der Waals surface area contributed by atoms with E-state index < -0.39 is 17.0 Å². The molecule has 0 aliphatic rings. The zero-order chi connectivity index (χ0) is 23.2. The first-order valence-electron chi connectivity index (χ1n) is 10.2. The lowest BCUT2D eigenvalue weighted by atomic mass is 10.1. The van der Waals surface area contributed by atoms with Crippen LogP contribution in [0.4, 0.5) is 5.69 Å². The Morgan fingerprint density at radius 1 is 0.758 bits per heavy atom. The predicted octanol–water partition coefficient (Wildman–Crippen LogP) is 2.71. The van der Waals surface area contributed by atoms with Gasteiger partial charge in [-0.1, -0.05) is 36.4 Å². The average molecular weight is 440 g/mol. The van der Waals surface area contributed by atoms with Gasteiger partial charge < -0.3 is 10.6 Å². The number of anilines is 1. The number of carbonyl (C=O) groups is 2. The highest BCUT2D eigenvalue weighted by molar-refractivity contribution is 6.05. The molecule has 1 heterocycles. The summed E-state index contributed by atoms with van der Waals surface area (Å²) in [6, 6.07) is 24.7. The molecule has 4 rings (SSSR count). The van der Waals surface area contributed by atoms with Crippen molar-refractivity contribution in [2.75, 3.05) is 5.32 Å². The minimum atomic E-state index is -0.433. The Labute approximate surface area is 188 Å². The predicted molar refractivity (Wildman–Crippen MR) is 125 cm³/mol. The van der Waals surface area contributed by atoms with E-state index >= 15 is 0 Å². The van der Waals surface area contributed by atoms with E-state index in [2.05, 4.69) is 15.7 Å². The van der Waals surface area contributed by atoms with E-state index in [1.165, 1.54) is 6.07 Å². The molecule has 33 heavy (non-hydrogen) atoms. The summed E-state index contributed by atoms with van der Waals surface area (Å²) in [5, 5.41) is 8.03. The van der Waals surface area contributed by atoms with Crippen molar-refractivity contribution in [2.24, 2.45) is 0 Å². The lowest BCUT2D eigenvalue weighted by molar-refractivity contribution is 0.0950. The van der Waals surface area contributed by atoms with Gasteiger partial charge in [-0.25, -0.2) is 4.68 Å². The van der Waals surface area contributed by atoms with Crippen molar-refractivity contribution in [3.63, 3.8) is 0 Å². The zero-order valence-corrected chi connectivity index (χ0v) is 17.4. The lowest BCUT2D eigenvalue weighted by Gasteiger charge is -2.09. The van der Waals surface area contributed by atoms with E-state index in [9.17, 15) is 19.2 Å². The molecule has 0 saturated heterocycles. The second kappa shape index (κ2) is 9.61. The highest BCUT2D eigenvalue weighted by Crippen LogP contribution is 2.14. The maximum atomic E-state index is 12.7. The summed E-state index contributed by atoms with van der Waals surface area (Å²) in [6.45, 7) is 0.421. The van der Waals surface area contributed by atoms with Crippen LogP contribution in [0.15, 0.2) is 101 Å². The van der Waals surface area contributed by atoms with E-state index in [0.717, 1.165) is 22.4 Å². The number of hydrogen-bond acceptors (Lipinski definition) is 4. The summed E-state index contributed by atoms with van der Waals surface area (Å²) >= 11 is 0. The van der Waals surface area contributed by atoms with Crippen LogP contribution in [-0.2, 0) is 6.54 Å². The second-order valence-electron chi connectivity index (χ2n) is 7.23. The van der Waals surface area contributed by atoms with Gasteiger partial charge in [0.1, 0.15) is 0 Å². The first kappa shape index (κ1) is 21.5. The van der Waals surface area contributed by atoms with Crippen molar-refractivity contribution in [3.05, 3.63) is 128 Å². The van der Waals surface area contributed by atoms with Crippen LogP contribution in [0.2, 0.25) is 0 Å². The molecule has 0 aliphatic carbocycles. The van der Waals surface area contributed by atoms with Crippen LogP contribution in [0.3, 0.4) is 0 Å². The van der Waals surface area contributed by atoms with Crippen LogP contribution in [0.25, 0.3) is 5.69 Å². The summed E-state index contributed by atoms with van der Waals surface area (Å²) in [4.78, 5) is 48.6. The van der Waals surface area contributed by atoms with Gasteiger partial charge in [0.05, 0.1) is 5.69 Å². The molecule has 0 bridgehead atoms. The molecule has 164 valence electrons. The van der Waals surface area contributed by atoms with Crippen LogP contribution in [0.1, 0.15) is 26.3 Å². The van der Waals surface area contributed by atoms with Crippen molar-refractivity contribution in [1.82, 2.24) is 15.1 Å². The third-order valence-electron chi connectivity index (χ3n) is 4.89. The number of nitrogens with one attached hydrogen (secondary N) is 3. The van der Waals surface area contributed by atoms with E-state index in [1.807, 2.05) is 30.3 Å². The third-order valence-corrected chi connectivity index (χ3v) is 4.89. The Morgan fingerprint density at radius 2 is 1.52 bits per heavy atom. The van der Waals surface area contributed by atoms with Crippen LogP contribution in [0, 0.1) is 0 Å². The number of benzene rings is 3. The molecule has 8 heteroatoms. The molecule has 1 aromatic heterocycles. The van der Waals surface area contributed by atoms with Crippen LogP contribution >= 0.6 is 0 Å². The lowest BCUT2D eigenvalue weighted by Crippen LogP contribution is -2.26. The first-order chi connectivity index (χ1) is 16.0. The maximum absolute atomic E-state index is 12.7. The van der Waals surface area contributed by atoms with Gasteiger partial charge in [-0.15, -0.1) is 0 Å². The van der Waals surface area contributed by atoms with Crippen molar-refractivity contribution in [1.29, 1.82) is 0 Å². The summed E-state index contributed by atoms with van der Waals surface area (Å²) in [5.41, 5.74) is 1.78. The van der Waals surface area contributed by atoms with Gasteiger partial charge >= 0.3 is 0 Å². The Morgan fingerprint density at radius 3 is 2.27 bits per heavy atom. The van der Waals surface area contributed by atoms with Crippen LogP contribution < -0.4 is 21.8 Å². The van der Waals surface area contributed by atoms with Crippen molar-refractivity contribution < 1.29 is 9.59 Å². The van der Waals surface area contributed by atoms with Crippen molar-refractivity contribution >= 4 is 17.5 Å². The van der Waals surface area contributed by atoms with E-state index in [0.29, 0.717) is 29.0 Å².